The summed E-state index contributed by atoms with van der Waals surface area (Å²) in [5, 5.41) is 6.70. The van der Waals surface area contributed by atoms with Crippen LogP contribution in [0.1, 0.15) is 24.4 Å². The minimum atomic E-state index is 0.921. The molecule has 4 heteroatoms. The third kappa shape index (κ3) is 4.32. The molecule has 0 aliphatic rings. The predicted octanol–water partition coefficient (Wildman–Crippen LogP) is 3.32. The Balaban J connectivity index is 1.76. The van der Waals surface area contributed by atoms with Crippen LogP contribution in [0.2, 0.25) is 0 Å². The molecule has 1 aromatic carbocycles. The van der Waals surface area contributed by atoms with E-state index in [9.17, 15) is 0 Å². The molecule has 3 nitrogen and oxygen atoms in total. The van der Waals surface area contributed by atoms with E-state index in [-0.39, 0.29) is 0 Å². The lowest BCUT2D eigenvalue weighted by atomic mass is 10.2. The van der Waals surface area contributed by atoms with Crippen LogP contribution in [0.25, 0.3) is 0 Å². The van der Waals surface area contributed by atoms with Crippen molar-refractivity contribution in [2.24, 2.45) is 0 Å². The van der Waals surface area contributed by atoms with Crippen LogP contribution in [0, 0.1) is 0 Å². The molecule has 0 amide bonds. The molecule has 0 aliphatic heterocycles. The summed E-state index contributed by atoms with van der Waals surface area (Å²) in [6, 6.07) is 8.85. The summed E-state index contributed by atoms with van der Waals surface area (Å²) in [6.45, 7) is 8.40. The Bertz CT molecular complexity index is 475. The highest BCUT2D eigenvalue weighted by Gasteiger charge is 2.01. The number of benzene rings is 1. The summed E-state index contributed by atoms with van der Waals surface area (Å²) in [5.41, 5.74) is 2.64. The first-order chi connectivity index (χ1) is 9.83. The highest BCUT2D eigenvalue weighted by molar-refractivity contribution is 7.09. The van der Waals surface area contributed by atoms with Crippen LogP contribution < -0.4 is 10.2 Å². The van der Waals surface area contributed by atoms with Crippen molar-refractivity contribution < 1.29 is 0 Å². The number of hydrogen-bond donors (Lipinski definition) is 1. The smallest absolute Gasteiger partial charge is 0.0937 e. The first kappa shape index (κ1) is 15.0. The highest BCUT2D eigenvalue weighted by atomic mass is 32.1. The summed E-state index contributed by atoms with van der Waals surface area (Å²) in [6.07, 6.45) is 2.88. The minimum Gasteiger partial charge on any atom is -0.372 e. The fraction of sp³-hybridized carbons (Fsp3) is 0.438. The van der Waals surface area contributed by atoms with Crippen molar-refractivity contribution in [1.29, 1.82) is 0 Å². The van der Waals surface area contributed by atoms with Crippen LogP contribution in [0.3, 0.4) is 0 Å². The highest BCUT2D eigenvalue weighted by Crippen LogP contribution is 2.14. The lowest BCUT2D eigenvalue weighted by molar-refractivity contribution is 0.685. The van der Waals surface area contributed by atoms with Crippen molar-refractivity contribution in [1.82, 2.24) is 10.3 Å². The fourth-order valence-electron chi connectivity index (χ4n) is 2.22. The summed E-state index contributed by atoms with van der Waals surface area (Å²) in [5.74, 6) is 0. The van der Waals surface area contributed by atoms with Gasteiger partial charge in [-0.05, 0) is 31.5 Å². The summed E-state index contributed by atoms with van der Waals surface area (Å²) < 4.78 is 0. The van der Waals surface area contributed by atoms with Gasteiger partial charge < -0.3 is 10.2 Å². The van der Waals surface area contributed by atoms with E-state index in [0.29, 0.717) is 0 Å². The van der Waals surface area contributed by atoms with Gasteiger partial charge in [0, 0.05) is 49.9 Å². The van der Waals surface area contributed by atoms with E-state index >= 15 is 0 Å². The molecule has 1 N–H and O–H groups in total. The molecule has 0 aliphatic carbocycles. The van der Waals surface area contributed by atoms with Crippen LogP contribution in [0.4, 0.5) is 5.69 Å². The Morgan fingerprint density at radius 3 is 2.50 bits per heavy atom. The molecule has 0 unspecified atom stereocenters. The largest absolute Gasteiger partial charge is 0.372 e. The third-order valence-corrected chi connectivity index (χ3v) is 4.23. The number of anilines is 1. The van der Waals surface area contributed by atoms with Gasteiger partial charge in [0.25, 0.3) is 0 Å². The molecule has 0 spiro atoms. The Kier molecular flexibility index (Phi) is 6.02. The van der Waals surface area contributed by atoms with Crippen LogP contribution >= 0.6 is 11.3 Å². The van der Waals surface area contributed by atoms with Gasteiger partial charge in [-0.2, -0.15) is 0 Å². The van der Waals surface area contributed by atoms with Gasteiger partial charge >= 0.3 is 0 Å². The zero-order chi connectivity index (χ0) is 14.2. The van der Waals surface area contributed by atoms with Crippen molar-refractivity contribution in [3.63, 3.8) is 0 Å². The molecular weight excluding hydrogens is 266 g/mol. The second-order valence-electron chi connectivity index (χ2n) is 4.69. The van der Waals surface area contributed by atoms with Crippen molar-refractivity contribution in [2.45, 2.75) is 26.8 Å². The van der Waals surface area contributed by atoms with E-state index in [1.165, 1.54) is 16.3 Å². The Hall–Kier alpha value is -1.39. The summed E-state index contributed by atoms with van der Waals surface area (Å²) in [7, 11) is 0. The van der Waals surface area contributed by atoms with Gasteiger partial charge in [-0.25, -0.2) is 4.98 Å². The fourth-order valence-corrected chi connectivity index (χ4v) is 2.84. The van der Waals surface area contributed by atoms with Crippen LogP contribution in [-0.2, 0) is 13.0 Å². The Morgan fingerprint density at radius 2 is 1.90 bits per heavy atom. The molecule has 0 saturated carbocycles. The first-order valence-corrected chi connectivity index (χ1v) is 8.14. The maximum atomic E-state index is 4.28. The molecule has 2 aromatic rings. The normalized spacial score (nSPS) is 10.7. The van der Waals surface area contributed by atoms with Gasteiger partial charge in [0.1, 0.15) is 0 Å². The van der Waals surface area contributed by atoms with E-state index in [1.807, 2.05) is 11.6 Å². The average Bonchev–Trinajstić information content (AvgIpc) is 3.00. The van der Waals surface area contributed by atoms with Gasteiger partial charge in [0.05, 0.1) is 5.01 Å². The predicted molar refractivity (Wildman–Crippen MR) is 87.5 cm³/mol. The first-order valence-electron chi connectivity index (χ1n) is 7.26. The quantitative estimate of drug-likeness (QED) is 0.756. The van der Waals surface area contributed by atoms with E-state index in [2.05, 4.69) is 53.3 Å². The molecule has 108 valence electrons. The van der Waals surface area contributed by atoms with Gasteiger partial charge in [0.2, 0.25) is 0 Å². The van der Waals surface area contributed by atoms with Gasteiger partial charge in [0.15, 0.2) is 0 Å². The molecule has 2 rings (SSSR count). The number of rotatable bonds is 8. The van der Waals surface area contributed by atoms with Crippen molar-refractivity contribution in [3.05, 3.63) is 46.4 Å². The van der Waals surface area contributed by atoms with Crippen LogP contribution in [-0.4, -0.2) is 24.6 Å². The van der Waals surface area contributed by atoms with Crippen LogP contribution in [0.15, 0.2) is 35.8 Å². The zero-order valence-electron chi connectivity index (χ0n) is 12.3. The van der Waals surface area contributed by atoms with Gasteiger partial charge in [-0.1, -0.05) is 12.1 Å². The van der Waals surface area contributed by atoms with Gasteiger partial charge in [-0.15, -0.1) is 11.3 Å². The molecule has 0 fully saturated rings. The average molecular weight is 289 g/mol. The lowest BCUT2D eigenvalue weighted by Crippen LogP contribution is -2.21. The van der Waals surface area contributed by atoms with Crippen molar-refractivity contribution in [3.8, 4) is 0 Å². The van der Waals surface area contributed by atoms with E-state index in [0.717, 1.165) is 32.6 Å². The van der Waals surface area contributed by atoms with Crippen LogP contribution in [0.5, 0.6) is 0 Å². The summed E-state index contributed by atoms with van der Waals surface area (Å²) in [4.78, 5) is 6.64. The summed E-state index contributed by atoms with van der Waals surface area (Å²) >= 11 is 1.72. The molecule has 20 heavy (non-hydrogen) atoms. The molecule has 0 saturated heterocycles. The van der Waals surface area contributed by atoms with Crippen molar-refractivity contribution >= 4 is 17.0 Å². The number of nitrogens with one attached hydrogen (secondary N) is 1. The number of thiazole rings is 1. The SMILES string of the molecule is CCN(CC)c1ccc(CNCCc2nccs2)cc1. The van der Waals surface area contributed by atoms with E-state index in [4.69, 9.17) is 0 Å². The monoisotopic (exact) mass is 289 g/mol. The topological polar surface area (TPSA) is 28.2 Å². The Morgan fingerprint density at radius 1 is 1.15 bits per heavy atom. The second-order valence-corrected chi connectivity index (χ2v) is 5.67. The number of aromatic nitrogens is 1. The number of nitrogens with zero attached hydrogens (tertiary/aromatic N) is 2. The lowest BCUT2D eigenvalue weighted by Gasteiger charge is -2.21. The molecule has 1 heterocycles. The zero-order valence-corrected chi connectivity index (χ0v) is 13.1. The molecule has 0 bridgehead atoms. The standard InChI is InChI=1S/C16H23N3S/c1-3-19(4-2)15-7-5-14(6-8-15)13-17-10-9-16-18-11-12-20-16/h5-8,11-12,17H,3-4,9-10,13H2,1-2H3. The Labute approximate surface area is 125 Å². The molecule has 1 aromatic heterocycles. The maximum Gasteiger partial charge on any atom is 0.0937 e. The third-order valence-electron chi connectivity index (χ3n) is 3.39. The number of hydrogen-bond acceptors (Lipinski definition) is 4. The maximum absolute atomic E-state index is 4.28. The van der Waals surface area contributed by atoms with Crippen molar-refractivity contribution in [2.75, 3.05) is 24.5 Å². The molecule has 0 radical (unpaired) electrons. The minimum absolute atomic E-state index is 0.921. The van der Waals surface area contributed by atoms with E-state index in [1.54, 1.807) is 11.3 Å². The van der Waals surface area contributed by atoms with E-state index < -0.39 is 0 Å². The molecular formula is C16H23N3S. The van der Waals surface area contributed by atoms with Gasteiger partial charge in [-0.3, -0.25) is 0 Å². The second kappa shape index (κ2) is 8.02. The molecule has 0 atom stereocenters.